The minimum atomic E-state index is -0.798. The van der Waals surface area contributed by atoms with Crippen molar-refractivity contribution in [2.24, 2.45) is 4.99 Å². The lowest BCUT2D eigenvalue weighted by atomic mass is 10.2. The van der Waals surface area contributed by atoms with Gasteiger partial charge >= 0.3 is 5.69 Å². The fourth-order valence-corrected chi connectivity index (χ4v) is 2.57. The smallest absolute Gasteiger partial charge is 0.335 e. The number of hydrogen-bond acceptors (Lipinski definition) is 4. The lowest BCUT2D eigenvalue weighted by molar-refractivity contribution is 0.430. The van der Waals surface area contributed by atoms with E-state index in [0.717, 1.165) is 4.57 Å². The third-order valence-electron chi connectivity index (χ3n) is 3.66. The summed E-state index contributed by atoms with van der Waals surface area (Å²) >= 11 is 5.83. The van der Waals surface area contributed by atoms with E-state index in [1.807, 2.05) is 0 Å². The molecule has 0 aliphatic heterocycles. The first-order chi connectivity index (χ1) is 12.4. The number of aromatic amines is 1. The van der Waals surface area contributed by atoms with Gasteiger partial charge in [0.05, 0.1) is 17.1 Å². The lowest BCUT2D eigenvalue weighted by Gasteiger charge is -2.11. The molecule has 0 aliphatic rings. The molecule has 0 fully saturated rings. The van der Waals surface area contributed by atoms with Gasteiger partial charge in [-0.05, 0) is 55.5 Å². The summed E-state index contributed by atoms with van der Waals surface area (Å²) < 4.78 is 13.9. The number of rotatable bonds is 3. The molecule has 1 aromatic heterocycles. The summed E-state index contributed by atoms with van der Waals surface area (Å²) in [6.07, 6.45) is 0. The van der Waals surface area contributed by atoms with Gasteiger partial charge in [0.1, 0.15) is 11.4 Å². The number of aromatic hydroxyl groups is 1. The van der Waals surface area contributed by atoms with E-state index >= 15 is 0 Å². The summed E-state index contributed by atoms with van der Waals surface area (Å²) in [7, 11) is 0. The normalized spacial score (nSPS) is 11.6. The topological polar surface area (TPSA) is 87.4 Å². The van der Waals surface area contributed by atoms with Crippen molar-refractivity contribution in [2.45, 2.75) is 6.92 Å². The Kier molecular flexibility index (Phi) is 4.73. The number of benzene rings is 2. The van der Waals surface area contributed by atoms with Crippen LogP contribution in [-0.4, -0.2) is 20.4 Å². The summed E-state index contributed by atoms with van der Waals surface area (Å²) in [5, 5.41) is 11.0. The van der Waals surface area contributed by atoms with Gasteiger partial charge in [-0.2, -0.15) is 0 Å². The van der Waals surface area contributed by atoms with E-state index in [0.29, 0.717) is 16.4 Å². The van der Waals surface area contributed by atoms with Crippen LogP contribution in [0.25, 0.3) is 5.69 Å². The summed E-state index contributed by atoms with van der Waals surface area (Å²) in [4.78, 5) is 30.7. The summed E-state index contributed by atoms with van der Waals surface area (Å²) in [5.74, 6) is -0.969. The van der Waals surface area contributed by atoms with Crippen molar-refractivity contribution < 1.29 is 9.50 Å². The van der Waals surface area contributed by atoms with Gasteiger partial charge in [-0.25, -0.2) is 13.8 Å². The highest BCUT2D eigenvalue weighted by molar-refractivity contribution is 6.30. The molecule has 0 saturated carbocycles. The van der Waals surface area contributed by atoms with Gasteiger partial charge in [-0.3, -0.25) is 14.8 Å². The highest BCUT2D eigenvalue weighted by Gasteiger charge is 2.18. The highest BCUT2D eigenvalue weighted by Crippen LogP contribution is 2.21. The van der Waals surface area contributed by atoms with E-state index in [4.69, 9.17) is 11.6 Å². The zero-order valence-corrected chi connectivity index (χ0v) is 14.3. The van der Waals surface area contributed by atoms with Crippen molar-refractivity contribution in [3.05, 3.63) is 85.8 Å². The molecule has 0 bridgehead atoms. The number of hydrogen-bond donors (Lipinski definition) is 2. The molecule has 8 heteroatoms. The molecule has 132 valence electrons. The Morgan fingerprint density at radius 3 is 2.35 bits per heavy atom. The van der Waals surface area contributed by atoms with Crippen molar-refractivity contribution >= 4 is 23.0 Å². The fraction of sp³-hybridized carbons (Fsp3) is 0.0556. The average molecular weight is 374 g/mol. The zero-order valence-electron chi connectivity index (χ0n) is 13.5. The predicted molar refractivity (Wildman–Crippen MR) is 97.6 cm³/mol. The van der Waals surface area contributed by atoms with Gasteiger partial charge in [-0.1, -0.05) is 11.6 Å². The molecule has 0 saturated heterocycles. The van der Waals surface area contributed by atoms with Crippen LogP contribution < -0.4 is 11.2 Å². The maximum Gasteiger partial charge on any atom is 0.335 e. The van der Waals surface area contributed by atoms with E-state index in [1.165, 1.54) is 43.3 Å². The van der Waals surface area contributed by atoms with Crippen LogP contribution in [0.2, 0.25) is 5.02 Å². The third kappa shape index (κ3) is 3.43. The maximum atomic E-state index is 13.0. The summed E-state index contributed by atoms with van der Waals surface area (Å²) in [6, 6.07) is 11.5. The van der Waals surface area contributed by atoms with Crippen LogP contribution in [-0.2, 0) is 0 Å². The molecular weight excluding hydrogens is 361 g/mol. The predicted octanol–water partition coefficient (Wildman–Crippen LogP) is 3.16. The molecule has 1 heterocycles. The molecule has 3 aromatic rings. The number of H-pyrrole nitrogens is 1. The quantitative estimate of drug-likeness (QED) is 0.691. The molecular formula is C18H13ClFN3O3. The molecule has 26 heavy (non-hydrogen) atoms. The Hall–Kier alpha value is -3.19. The van der Waals surface area contributed by atoms with Crippen LogP contribution in [0, 0.1) is 5.82 Å². The Bertz CT molecular complexity index is 1100. The van der Waals surface area contributed by atoms with E-state index in [1.54, 1.807) is 12.1 Å². The second-order valence-corrected chi connectivity index (χ2v) is 5.88. The minimum absolute atomic E-state index is 0.163. The monoisotopic (exact) mass is 373 g/mol. The van der Waals surface area contributed by atoms with Crippen molar-refractivity contribution in [3.63, 3.8) is 0 Å². The van der Waals surface area contributed by atoms with Crippen molar-refractivity contribution in [1.82, 2.24) is 9.55 Å². The van der Waals surface area contributed by atoms with Gasteiger partial charge in [0, 0.05) is 5.02 Å². The first kappa shape index (κ1) is 17.6. The van der Waals surface area contributed by atoms with Crippen LogP contribution in [0.15, 0.2) is 63.1 Å². The zero-order chi connectivity index (χ0) is 18.8. The van der Waals surface area contributed by atoms with E-state index in [2.05, 4.69) is 9.98 Å². The van der Waals surface area contributed by atoms with Crippen LogP contribution >= 0.6 is 11.6 Å². The summed E-state index contributed by atoms with van der Waals surface area (Å²) in [6.45, 7) is 1.50. The number of aliphatic imine (C=N–C) groups is 1. The third-order valence-corrected chi connectivity index (χ3v) is 3.91. The van der Waals surface area contributed by atoms with E-state index in [9.17, 15) is 19.1 Å². The number of aromatic nitrogens is 2. The van der Waals surface area contributed by atoms with Crippen LogP contribution in [0.5, 0.6) is 5.88 Å². The molecule has 2 aromatic carbocycles. The van der Waals surface area contributed by atoms with Crippen LogP contribution in [0.3, 0.4) is 0 Å². The Morgan fingerprint density at radius 1 is 1.12 bits per heavy atom. The first-order valence-corrected chi connectivity index (χ1v) is 7.90. The molecule has 0 aliphatic carbocycles. The fourth-order valence-electron chi connectivity index (χ4n) is 2.45. The standard InChI is InChI=1S/C18H13ClFN3O3/c1-10(21-13-6-4-12(20)5-7-13)15-16(24)22-18(26)23(17(15)25)14-8-2-11(19)3-9-14/h2-9,25H,1H3,(H,22,24,26). The molecule has 6 nitrogen and oxygen atoms in total. The molecule has 3 rings (SSSR count). The van der Waals surface area contributed by atoms with Gasteiger partial charge in [0.25, 0.3) is 5.56 Å². The number of nitrogens with zero attached hydrogens (tertiary/aromatic N) is 2. The molecule has 2 N–H and O–H groups in total. The first-order valence-electron chi connectivity index (χ1n) is 7.52. The highest BCUT2D eigenvalue weighted by atomic mass is 35.5. The Balaban J connectivity index is 2.17. The van der Waals surface area contributed by atoms with Crippen molar-refractivity contribution in [2.75, 3.05) is 0 Å². The van der Waals surface area contributed by atoms with E-state index < -0.39 is 22.9 Å². The molecule has 0 radical (unpaired) electrons. The SMILES string of the molecule is CC(=Nc1ccc(F)cc1)c1c(O)n(-c2ccc(Cl)cc2)c(=O)[nH]c1=O. The van der Waals surface area contributed by atoms with Crippen LogP contribution in [0.4, 0.5) is 10.1 Å². The van der Waals surface area contributed by atoms with Crippen molar-refractivity contribution in [3.8, 4) is 11.6 Å². The van der Waals surface area contributed by atoms with Crippen molar-refractivity contribution in [1.29, 1.82) is 0 Å². The Morgan fingerprint density at radius 2 is 1.73 bits per heavy atom. The molecule has 0 amide bonds. The minimum Gasteiger partial charge on any atom is -0.493 e. The molecule has 0 unspecified atom stereocenters. The largest absolute Gasteiger partial charge is 0.493 e. The lowest BCUT2D eigenvalue weighted by Crippen LogP contribution is -2.32. The second-order valence-electron chi connectivity index (χ2n) is 5.44. The van der Waals surface area contributed by atoms with E-state index in [-0.39, 0.29) is 11.3 Å². The molecule has 0 atom stereocenters. The Labute approximate surface area is 151 Å². The second kappa shape index (κ2) is 6.97. The van der Waals surface area contributed by atoms with Gasteiger partial charge in [0.15, 0.2) is 0 Å². The van der Waals surface area contributed by atoms with Gasteiger partial charge in [0.2, 0.25) is 5.88 Å². The van der Waals surface area contributed by atoms with Gasteiger partial charge in [-0.15, -0.1) is 0 Å². The number of nitrogens with one attached hydrogen (secondary N) is 1. The van der Waals surface area contributed by atoms with Gasteiger partial charge < -0.3 is 5.11 Å². The number of halogens is 2. The maximum absolute atomic E-state index is 13.0. The molecule has 0 spiro atoms. The van der Waals surface area contributed by atoms with Crippen LogP contribution in [0.1, 0.15) is 12.5 Å². The average Bonchev–Trinajstić information content (AvgIpc) is 2.58. The summed E-state index contributed by atoms with van der Waals surface area (Å²) in [5.41, 5.74) is -0.855.